The number of benzene rings is 1. The van der Waals surface area contributed by atoms with Crippen molar-refractivity contribution in [2.75, 3.05) is 11.3 Å². The Morgan fingerprint density at radius 2 is 2.03 bits per heavy atom. The summed E-state index contributed by atoms with van der Waals surface area (Å²) >= 11 is 5.89. The van der Waals surface area contributed by atoms with Crippen molar-refractivity contribution in [2.45, 2.75) is 25.1 Å². The molecule has 2 rings (SSSR count). The number of aromatic nitrogens is 1. The number of anilines is 1. The molecule has 0 radical (unpaired) electrons. The van der Waals surface area contributed by atoms with Crippen molar-refractivity contribution < 1.29 is 18.0 Å². The molecule has 0 aliphatic rings. The van der Waals surface area contributed by atoms with Crippen LogP contribution in [0.3, 0.4) is 0 Å². The van der Waals surface area contributed by atoms with Gasteiger partial charge in [-0.1, -0.05) is 23.7 Å². The fourth-order valence-corrected chi connectivity index (χ4v) is 4.20. The lowest BCUT2D eigenvalue weighted by Gasteiger charge is -2.19. The van der Waals surface area contributed by atoms with Gasteiger partial charge in [-0.2, -0.15) is 0 Å². The van der Waals surface area contributed by atoms with E-state index in [4.69, 9.17) is 33.3 Å². The SMILES string of the molecule is Cc1cc(NS(=O)(=O)Cc2cccc(Cl)c2)c(=O)n(C(CCONC(=N)N)C(N)=O)c1. The number of nitrogens with zero attached hydrogens (tertiary/aromatic N) is 1. The molecule has 0 aliphatic heterocycles. The largest absolute Gasteiger partial charge is 0.368 e. The highest BCUT2D eigenvalue weighted by molar-refractivity contribution is 7.91. The Kier molecular flexibility index (Phi) is 8.02. The molecule has 13 heteroatoms. The molecule has 0 saturated heterocycles. The maximum atomic E-state index is 12.9. The van der Waals surface area contributed by atoms with Crippen LogP contribution in [0.15, 0.2) is 41.3 Å². The van der Waals surface area contributed by atoms with Gasteiger partial charge in [0.15, 0.2) is 0 Å². The van der Waals surface area contributed by atoms with E-state index in [-0.39, 0.29) is 18.7 Å². The quantitative estimate of drug-likeness (QED) is 0.145. The van der Waals surface area contributed by atoms with Crippen LogP contribution < -0.4 is 27.2 Å². The number of nitrogens with one attached hydrogen (secondary N) is 3. The first-order valence-electron chi connectivity index (χ1n) is 8.97. The number of carbonyl (C=O) groups is 1. The average Bonchev–Trinajstić information content (AvgIpc) is 2.63. The first-order chi connectivity index (χ1) is 14.5. The molecule has 1 aromatic heterocycles. The number of hydroxylamine groups is 1. The van der Waals surface area contributed by atoms with Crippen molar-refractivity contribution in [3.63, 3.8) is 0 Å². The van der Waals surface area contributed by atoms with Crippen LogP contribution >= 0.6 is 11.6 Å². The molecule has 1 unspecified atom stereocenters. The third-order valence-corrected chi connectivity index (χ3v) is 5.51. The van der Waals surface area contributed by atoms with Crippen LogP contribution in [0.2, 0.25) is 5.02 Å². The maximum Gasteiger partial charge on any atom is 0.275 e. The van der Waals surface area contributed by atoms with Gasteiger partial charge in [0.1, 0.15) is 11.7 Å². The molecule has 1 atom stereocenters. The van der Waals surface area contributed by atoms with Gasteiger partial charge in [0.2, 0.25) is 21.9 Å². The standard InChI is InChI=1S/C18H23ClN6O5S/c1-11-7-14(24-31(28,29)10-12-3-2-4-13(19)8-12)17(27)25(9-11)15(16(20)26)5-6-30-23-18(21)22/h2-4,7-9,15,24H,5-6,10H2,1H3,(H2,20,26)(H4,21,22,23). The monoisotopic (exact) mass is 470 g/mol. The Labute approximate surface area is 183 Å². The summed E-state index contributed by atoms with van der Waals surface area (Å²) < 4.78 is 28.5. The lowest BCUT2D eigenvalue weighted by Crippen LogP contribution is -2.37. The average molecular weight is 471 g/mol. The highest BCUT2D eigenvalue weighted by Gasteiger charge is 2.22. The zero-order chi connectivity index (χ0) is 23.2. The number of hydrogen-bond acceptors (Lipinski definition) is 6. The van der Waals surface area contributed by atoms with Gasteiger partial charge >= 0.3 is 0 Å². The van der Waals surface area contributed by atoms with Gasteiger partial charge in [0.25, 0.3) is 5.56 Å². The zero-order valence-electron chi connectivity index (χ0n) is 16.6. The number of aryl methyl sites for hydroxylation is 1. The van der Waals surface area contributed by atoms with E-state index in [9.17, 15) is 18.0 Å². The number of guanidine groups is 1. The minimum absolute atomic E-state index is 0.0202. The predicted octanol–water partition coefficient (Wildman–Crippen LogP) is 0.583. The number of halogens is 1. The second kappa shape index (κ2) is 10.3. The van der Waals surface area contributed by atoms with Crippen molar-refractivity contribution in [1.82, 2.24) is 10.0 Å². The molecule has 1 aromatic carbocycles. The second-order valence-electron chi connectivity index (χ2n) is 6.71. The topological polar surface area (TPSA) is 182 Å². The van der Waals surface area contributed by atoms with Crippen molar-refractivity contribution in [3.8, 4) is 0 Å². The second-order valence-corrected chi connectivity index (χ2v) is 8.86. The highest BCUT2D eigenvalue weighted by atomic mass is 35.5. The predicted molar refractivity (Wildman–Crippen MR) is 117 cm³/mol. The molecule has 31 heavy (non-hydrogen) atoms. The number of sulfonamides is 1. The summed E-state index contributed by atoms with van der Waals surface area (Å²) in [6.45, 7) is 1.54. The van der Waals surface area contributed by atoms with E-state index in [0.717, 1.165) is 4.57 Å². The molecule has 0 fully saturated rings. The van der Waals surface area contributed by atoms with E-state index in [1.54, 1.807) is 25.1 Å². The first-order valence-corrected chi connectivity index (χ1v) is 11.0. The third kappa shape index (κ3) is 7.27. The summed E-state index contributed by atoms with van der Waals surface area (Å²) in [5, 5.41) is 7.40. The van der Waals surface area contributed by atoms with Crippen molar-refractivity contribution in [1.29, 1.82) is 5.41 Å². The van der Waals surface area contributed by atoms with Gasteiger partial charge in [-0.15, -0.1) is 0 Å². The number of hydrogen-bond donors (Lipinski definition) is 5. The van der Waals surface area contributed by atoms with E-state index in [0.29, 0.717) is 16.1 Å². The van der Waals surface area contributed by atoms with Gasteiger partial charge in [0, 0.05) is 17.6 Å². The van der Waals surface area contributed by atoms with Gasteiger partial charge in [-0.3, -0.25) is 24.6 Å². The molecule has 0 bridgehead atoms. The van der Waals surface area contributed by atoms with Crippen LogP contribution in [-0.2, 0) is 25.4 Å². The lowest BCUT2D eigenvalue weighted by atomic mass is 10.1. The molecular formula is C18H23ClN6O5S. The fraction of sp³-hybridized carbons (Fsp3) is 0.278. The molecule has 168 valence electrons. The van der Waals surface area contributed by atoms with E-state index in [1.807, 2.05) is 0 Å². The van der Waals surface area contributed by atoms with Gasteiger partial charge in [0.05, 0.1) is 12.4 Å². The fourth-order valence-electron chi connectivity index (χ4n) is 2.82. The molecule has 1 heterocycles. The first kappa shape index (κ1) is 24.2. The van der Waals surface area contributed by atoms with E-state index in [2.05, 4.69) is 10.2 Å². The number of primary amides is 1. The molecule has 0 spiro atoms. The number of pyridine rings is 1. The molecule has 0 saturated carbocycles. The summed E-state index contributed by atoms with van der Waals surface area (Å²) in [5.41, 5.74) is 12.6. The van der Waals surface area contributed by atoms with E-state index in [1.165, 1.54) is 18.3 Å². The summed E-state index contributed by atoms with van der Waals surface area (Å²) in [4.78, 5) is 29.7. The minimum atomic E-state index is -3.95. The summed E-state index contributed by atoms with van der Waals surface area (Å²) in [6, 6.07) is 6.58. The van der Waals surface area contributed by atoms with E-state index < -0.39 is 39.2 Å². The summed E-state index contributed by atoms with van der Waals surface area (Å²) in [5.74, 6) is -1.64. The minimum Gasteiger partial charge on any atom is -0.368 e. The Bertz CT molecular complexity index is 1130. The van der Waals surface area contributed by atoms with Crippen LogP contribution in [0.5, 0.6) is 0 Å². The molecule has 1 amide bonds. The number of rotatable bonds is 10. The van der Waals surface area contributed by atoms with Crippen LogP contribution in [0.25, 0.3) is 0 Å². The van der Waals surface area contributed by atoms with Crippen molar-refractivity contribution in [2.24, 2.45) is 11.5 Å². The van der Waals surface area contributed by atoms with Crippen molar-refractivity contribution in [3.05, 3.63) is 63.0 Å². The Hall–Kier alpha value is -3.09. The zero-order valence-corrected chi connectivity index (χ0v) is 18.2. The molecule has 2 aromatic rings. The Balaban J connectivity index is 2.28. The van der Waals surface area contributed by atoms with Crippen molar-refractivity contribution >= 4 is 39.2 Å². The number of carbonyl (C=O) groups excluding carboxylic acids is 1. The Morgan fingerprint density at radius 3 is 2.65 bits per heavy atom. The van der Waals surface area contributed by atoms with Crippen LogP contribution in [0.1, 0.15) is 23.6 Å². The molecule has 11 nitrogen and oxygen atoms in total. The molecule has 0 aliphatic carbocycles. The maximum absolute atomic E-state index is 12.9. The molecule has 7 N–H and O–H groups in total. The van der Waals surface area contributed by atoms with Crippen LogP contribution in [-0.4, -0.2) is 31.5 Å². The number of amides is 1. The number of nitrogens with two attached hydrogens (primary N) is 2. The van der Waals surface area contributed by atoms with Crippen LogP contribution in [0, 0.1) is 12.3 Å². The normalized spacial score (nSPS) is 12.2. The summed E-state index contributed by atoms with van der Waals surface area (Å²) in [6.07, 6.45) is 1.37. The molecular weight excluding hydrogens is 448 g/mol. The van der Waals surface area contributed by atoms with E-state index >= 15 is 0 Å². The lowest BCUT2D eigenvalue weighted by molar-refractivity contribution is -0.121. The van der Waals surface area contributed by atoms with Gasteiger partial charge < -0.3 is 16.0 Å². The van der Waals surface area contributed by atoms with Gasteiger partial charge in [-0.25, -0.2) is 13.9 Å². The smallest absolute Gasteiger partial charge is 0.275 e. The Morgan fingerprint density at radius 1 is 1.32 bits per heavy atom. The van der Waals surface area contributed by atoms with Crippen LogP contribution in [0.4, 0.5) is 5.69 Å². The summed E-state index contributed by atoms with van der Waals surface area (Å²) in [7, 11) is -3.95. The van der Waals surface area contributed by atoms with Gasteiger partial charge in [-0.05, 0) is 36.2 Å². The highest BCUT2D eigenvalue weighted by Crippen LogP contribution is 2.17. The third-order valence-electron chi connectivity index (χ3n) is 4.03.